The Hall–Kier alpha value is -3.05. The molecule has 2 aromatic carbocycles. The predicted octanol–water partition coefficient (Wildman–Crippen LogP) is 5.08. The van der Waals surface area contributed by atoms with Gasteiger partial charge in [-0.2, -0.15) is 11.3 Å². The second-order valence-corrected chi connectivity index (χ2v) is 7.48. The van der Waals surface area contributed by atoms with Crippen molar-refractivity contribution in [1.82, 2.24) is 10.3 Å². The zero-order chi connectivity index (χ0) is 19.3. The summed E-state index contributed by atoms with van der Waals surface area (Å²) in [7, 11) is 1.68. The molecule has 0 aliphatic carbocycles. The van der Waals surface area contributed by atoms with E-state index in [1.54, 1.807) is 18.4 Å². The van der Waals surface area contributed by atoms with E-state index >= 15 is 0 Å². The zero-order valence-electron chi connectivity index (χ0n) is 15.6. The number of carbonyl (C=O) groups is 1. The number of methoxy groups -OCH3 is 1. The van der Waals surface area contributed by atoms with E-state index in [-0.39, 0.29) is 11.8 Å². The molecule has 0 saturated carbocycles. The normalized spacial score (nSPS) is 12.0. The average molecular weight is 391 g/mol. The van der Waals surface area contributed by atoms with Gasteiger partial charge in [-0.3, -0.25) is 4.79 Å². The Morgan fingerprint density at radius 2 is 2.00 bits per heavy atom. The quantitative estimate of drug-likeness (QED) is 0.462. The Bertz CT molecular complexity index is 1050. The van der Waals surface area contributed by atoms with Crippen molar-refractivity contribution >= 4 is 28.1 Å². The highest BCUT2D eigenvalue weighted by Crippen LogP contribution is 2.38. The fourth-order valence-corrected chi connectivity index (χ4v) is 4.27. The molecule has 2 heterocycles. The molecule has 2 N–H and O–H groups in total. The Morgan fingerprint density at radius 3 is 2.75 bits per heavy atom. The van der Waals surface area contributed by atoms with Gasteiger partial charge in [-0.1, -0.05) is 36.4 Å². The van der Waals surface area contributed by atoms with Crippen molar-refractivity contribution in [2.24, 2.45) is 0 Å². The van der Waals surface area contributed by atoms with Crippen molar-refractivity contribution in [3.63, 3.8) is 0 Å². The highest BCUT2D eigenvalue weighted by Gasteiger charge is 2.23. The molecule has 142 valence electrons. The first-order chi connectivity index (χ1) is 13.8. The van der Waals surface area contributed by atoms with Gasteiger partial charge in [0.1, 0.15) is 5.75 Å². The number of aromatic amines is 1. The van der Waals surface area contributed by atoms with E-state index in [4.69, 9.17) is 4.74 Å². The average Bonchev–Trinajstić information content (AvgIpc) is 3.41. The summed E-state index contributed by atoms with van der Waals surface area (Å²) < 4.78 is 5.59. The van der Waals surface area contributed by atoms with Crippen LogP contribution in [0, 0.1) is 0 Å². The lowest BCUT2D eigenvalue weighted by Gasteiger charge is -2.16. The molecule has 0 saturated heterocycles. The molecular weight excluding hydrogens is 368 g/mol. The summed E-state index contributed by atoms with van der Waals surface area (Å²) in [5.41, 5.74) is 4.34. The number of carbonyl (C=O) groups excluding carboxylic acids is 1. The summed E-state index contributed by atoms with van der Waals surface area (Å²) in [4.78, 5) is 16.1. The Kier molecular flexibility index (Phi) is 5.44. The summed E-state index contributed by atoms with van der Waals surface area (Å²) in [6, 6.07) is 18.0. The number of ether oxygens (including phenoxy) is 1. The second kappa shape index (κ2) is 8.31. The number of benzene rings is 2. The molecule has 0 unspecified atom stereocenters. The fourth-order valence-electron chi connectivity index (χ4n) is 3.56. The SMILES string of the molecule is COc1cccc2[nH]cc([C@@H](CC(=O)NCc3ccccc3)c3ccsc3)c12. The molecule has 4 nitrogen and oxygen atoms in total. The van der Waals surface area contributed by atoms with Gasteiger partial charge in [0, 0.05) is 36.0 Å². The smallest absolute Gasteiger partial charge is 0.221 e. The standard InChI is InChI=1S/C23H22N2O2S/c1-27-21-9-5-8-20-23(21)19(14-24-20)18(17-10-11-28-15-17)12-22(26)25-13-16-6-3-2-4-7-16/h2-11,14-15,18,24H,12-13H2,1H3,(H,25,26)/t18-/m0/s1. The highest BCUT2D eigenvalue weighted by molar-refractivity contribution is 7.08. The summed E-state index contributed by atoms with van der Waals surface area (Å²) in [5.74, 6) is 0.815. The number of H-pyrrole nitrogens is 1. The number of thiophene rings is 1. The number of rotatable bonds is 7. The van der Waals surface area contributed by atoms with Crippen LogP contribution in [-0.2, 0) is 11.3 Å². The van der Waals surface area contributed by atoms with Crippen molar-refractivity contribution in [3.05, 3.63) is 88.2 Å². The third-order valence-corrected chi connectivity index (χ3v) is 5.66. The molecule has 4 rings (SSSR count). The molecule has 1 atom stereocenters. The monoisotopic (exact) mass is 390 g/mol. The van der Waals surface area contributed by atoms with Crippen LogP contribution in [0.5, 0.6) is 5.75 Å². The van der Waals surface area contributed by atoms with Crippen molar-refractivity contribution in [1.29, 1.82) is 0 Å². The number of fused-ring (bicyclic) bond motifs is 1. The van der Waals surface area contributed by atoms with Crippen LogP contribution in [0.2, 0.25) is 0 Å². The lowest BCUT2D eigenvalue weighted by atomic mass is 9.89. The molecular formula is C23H22N2O2S. The van der Waals surface area contributed by atoms with E-state index in [1.165, 1.54) is 0 Å². The van der Waals surface area contributed by atoms with Gasteiger partial charge in [-0.05, 0) is 45.6 Å². The Labute approximate surface area is 168 Å². The molecule has 0 aliphatic heterocycles. The molecule has 0 aliphatic rings. The molecule has 28 heavy (non-hydrogen) atoms. The molecule has 5 heteroatoms. The maximum absolute atomic E-state index is 12.8. The van der Waals surface area contributed by atoms with E-state index in [1.807, 2.05) is 54.7 Å². The van der Waals surface area contributed by atoms with Crippen molar-refractivity contribution < 1.29 is 9.53 Å². The highest BCUT2D eigenvalue weighted by atomic mass is 32.1. The minimum Gasteiger partial charge on any atom is -0.496 e. The van der Waals surface area contributed by atoms with Gasteiger partial charge in [0.15, 0.2) is 0 Å². The van der Waals surface area contributed by atoms with Gasteiger partial charge < -0.3 is 15.0 Å². The van der Waals surface area contributed by atoms with E-state index in [2.05, 4.69) is 27.1 Å². The molecule has 0 radical (unpaired) electrons. The van der Waals surface area contributed by atoms with Gasteiger partial charge in [0.2, 0.25) is 5.91 Å². The zero-order valence-corrected chi connectivity index (χ0v) is 16.5. The van der Waals surface area contributed by atoms with Crippen LogP contribution in [0.3, 0.4) is 0 Å². The number of nitrogens with one attached hydrogen (secondary N) is 2. The summed E-state index contributed by atoms with van der Waals surface area (Å²) in [6.07, 6.45) is 2.38. The third kappa shape index (κ3) is 3.80. The van der Waals surface area contributed by atoms with Crippen LogP contribution in [0.25, 0.3) is 10.9 Å². The van der Waals surface area contributed by atoms with Crippen LogP contribution in [0.4, 0.5) is 0 Å². The van der Waals surface area contributed by atoms with Crippen molar-refractivity contribution in [2.75, 3.05) is 7.11 Å². The lowest BCUT2D eigenvalue weighted by Crippen LogP contribution is -2.24. The van der Waals surface area contributed by atoms with Crippen molar-refractivity contribution in [3.8, 4) is 5.75 Å². The van der Waals surface area contributed by atoms with Crippen LogP contribution in [0.1, 0.15) is 29.0 Å². The van der Waals surface area contributed by atoms with E-state index in [0.717, 1.165) is 33.3 Å². The van der Waals surface area contributed by atoms with Crippen LogP contribution in [-0.4, -0.2) is 18.0 Å². The maximum atomic E-state index is 12.8. The summed E-state index contributed by atoms with van der Waals surface area (Å²) in [5, 5.41) is 8.26. The lowest BCUT2D eigenvalue weighted by molar-refractivity contribution is -0.121. The minimum atomic E-state index is -0.0351. The molecule has 1 amide bonds. The third-order valence-electron chi connectivity index (χ3n) is 4.96. The minimum absolute atomic E-state index is 0.0318. The van der Waals surface area contributed by atoms with Gasteiger partial charge in [0.25, 0.3) is 0 Å². The molecule has 0 spiro atoms. The molecule has 0 bridgehead atoms. The first kappa shape index (κ1) is 18.3. The van der Waals surface area contributed by atoms with Crippen molar-refractivity contribution in [2.45, 2.75) is 18.9 Å². The predicted molar refractivity (Wildman–Crippen MR) is 114 cm³/mol. The molecule has 4 aromatic rings. The molecule has 2 aromatic heterocycles. The first-order valence-electron chi connectivity index (χ1n) is 9.23. The summed E-state index contributed by atoms with van der Waals surface area (Å²) >= 11 is 1.64. The summed E-state index contributed by atoms with van der Waals surface area (Å²) in [6.45, 7) is 0.535. The van der Waals surface area contributed by atoms with Crippen LogP contribution >= 0.6 is 11.3 Å². The number of hydrogen-bond donors (Lipinski definition) is 2. The maximum Gasteiger partial charge on any atom is 0.221 e. The second-order valence-electron chi connectivity index (χ2n) is 6.70. The van der Waals surface area contributed by atoms with E-state index < -0.39 is 0 Å². The van der Waals surface area contributed by atoms with Crippen LogP contribution in [0.15, 0.2) is 71.6 Å². The Balaban J connectivity index is 1.61. The van der Waals surface area contributed by atoms with Gasteiger partial charge in [-0.25, -0.2) is 0 Å². The van der Waals surface area contributed by atoms with Gasteiger partial charge in [0.05, 0.1) is 7.11 Å². The molecule has 0 fully saturated rings. The number of amides is 1. The largest absolute Gasteiger partial charge is 0.496 e. The van der Waals surface area contributed by atoms with Gasteiger partial charge >= 0.3 is 0 Å². The topological polar surface area (TPSA) is 54.1 Å². The van der Waals surface area contributed by atoms with Gasteiger partial charge in [-0.15, -0.1) is 0 Å². The fraction of sp³-hybridized carbons (Fsp3) is 0.174. The number of aromatic nitrogens is 1. The van der Waals surface area contributed by atoms with E-state index in [9.17, 15) is 4.79 Å². The van der Waals surface area contributed by atoms with E-state index in [0.29, 0.717) is 13.0 Å². The Morgan fingerprint density at radius 1 is 1.14 bits per heavy atom. The first-order valence-corrected chi connectivity index (χ1v) is 10.2. The van der Waals surface area contributed by atoms with Crippen LogP contribution < -0.4 is 10.1 Å². The number of hydrogen-bond acceptors (Lipinski definition) is 3.